The van der Waals surface area contributed by atoms with E-state index in [1.54, 1.807) is 0 Å². The summed E-state index contributed by atoms with van der Waals surface area (Å²) < 4.78 is 5.56. The van der Waals surface area contributed by atoms with Gasteiger partial charge >= 0.3 is 0 Å². The third-order valence-electron chi connectivity index (χ3n) is 3.53. The van der Waals surface area contributed by atoms with Crippen LogP contribution in [0.2, 0.25) is 0 Å². The molecule has 0 spiro atoms. The van der Waals surface area contributed by atoms with Gasteiger partial charge in [0.05, 0.1) is 23.8 Å². The molecule has 1 fully saturated rings. The molecule has 1 aliphatic heterocycles. The monoisotopic (exact) mass is 270 g/mol. The Morgan fingerprint density at radius 1 is 1.45 bits per heavy atom. The summed E-state index contributed by atoms with van der Waals surface area (Å²) in [4.78, 5) is 6.85. The van der Waals surface area contributed by atoms with Crippen molar-refractivity contribution < 1.29 is 4.74 Å². The first-order valence-electron chi connectivity index (χ1n) is 6.76. The first-order chi connectivity index (χ1) is 9.65. The third-order valence-corrected chi connectivity index (χ3v) is 3.53. The Labute approximate surface area is 117 Å². The van der Waals surface area contributed by atoms with E-state index in [4.69, 9.17) is 20.9 Å². The van der Waals surface area contributed by atoms with Crippen molar-refractivity contribution in [2.75, 3.05) is 24.6 Å². The highest BCUT2D eigenvalue weighted by atomic mass is 16.5. The van der Waals surface area contributed by atoms with Gasteiger partial charge in [0.1, 0.15) is 11.7 Å². The van der Waals surface area contributed by atoms with Crippen molar-refractivity contribution in [2.24, 2.45) is 5.73 Å². The lowest BCUT2D eigenvalue weighted by atomic mass is 10.1. The molecule has 0 aliphatic carbocycles. The van der Waals surface area contributed by atoms with E-state index in [0.717, 1.165) is 29.8 Å². The highest BCUT2D eigenvalue weighted by molar-refractivity contribution is 6.03. The molecule has 0 saturated carbocycles. The number of rotatable bonds is 2. The summed E-state index contributed by atoms with van der Waals surface area (Å²) in [6.45, 7) is 4.26. The molecule has 1 aromatic carbocycles. The number of pyridine rings is 1. The number of para-hydroxylation sites is 1. The second-order valence-electron chi connectivity index (χ2n) is 5.09. The Bertz CT molecular complexity index is 655. The maximum Gasteiger partial charge on any atom is 0.140 e. The molecule has 5 nitrogen and oxygen atoms in total. The molecule has 1 unspecified atom stereocenters. The average Bonchev–Trinajstić information content (AvgIpc) is 2.46. The molecule has 0 amide bonds. The summed E-state index contributed by atoms with van der Waals surface area (Å²) in [5, 5.41) is 8.80. The fraction of sp³-hybridized carbons (Fsp3) is 0.333. The third kappa shape index (κ3) is 2.32. The van der Waals surface area contributed by atoms with E-state index in [0.29, 0.717) is 12.2 Å². The smallest absolute Gasteiger partial charge is 0.140 e. The van der Waals surface area contributed by atoms with Crippen molar-refractivity contribution in [3.63, 3.8) is 0 Å². The van der Waals surface area contributed by atoms with Crippen LogP contribution in [0.4, 0.5) is 5.82 Å². The van der Waals surface area contributed by atoms with Crippen LogP contribution in [0.25, 0.3) is 10.9 Å². The molecule has 2 aromatic rings. The summed E-state index contributed by atoms with van der Waals surface area (Å²) in [7, 11) is 0. The van der Waals surface area contributed by atoms with Gasteiger partial charge in [0.2, 0.25) is 0 Å². The second-order valence-corrected chi connectivity index (χ2v) is 5.09. The number of nitrogens with zero attached hydrogens (tertiary/aromatic N) is 2. The number of nitrogens with one attached hydrogen (secondary N) is 1. The number of hydrogen-bond acceptors (Lipinski definition) is 4. The lowest BCUT2D eigenvalue weighted by Gasteiger charge is -2.33. The van der Waals surface area contributed by atoms with Crippen molar-refractivity contribution >= 4 is 22.6 Å². The minimum atomic E-state index is 0.0531. The molecule has 1 aliphatic rings. The van der Waals surface area contributed by atoms with Crippen molar-refractivity contribution in [1.82, 2.24) is 4.98 Å². The number of nitrogens with two attached hydrogens (primary N) is 1. The second kappa shape index (κ2) is 5.09. The van der Waals surface area contributed by atoms with Gasteiger partial charge in [0.15, 0.2) is 0 Å². The predicted octanol–water partition coefficient (Wildman–Crippen LogP) is 1.74. The van der Waals surface area contributed by atoms with Crippen LogP contribution in [0.3, 0.4) is 0 Å². The van der Waals surface area contributed by atoms with E-state index >= 15 is 0 Å². The van der Waals surface area contributed by atoms with Crippen LogP contribution in [0.15, 0.2) is 30.3 Å². The van der Waals surface area contributed by atoms with E-state index < -0.39 is 0 Å². The van der Waals surface area contributed by atoms with Gasteiger partial charge in [-0.25, -0.2) is 4.98 Å². The molecule has 5 heteroatoms. The van der Waals surface area contributed by atoms with Crippen LogP contribution in [-0.4, -0.2) is 36.6 Å². The van der Waals surface area contributed by atoms with Gasteiger partial charge in [-0.2, -0.15) is 0 Å². The summed E-state index contributed by atoms with van der Waals surface area (Å²) in [5.41, 5.74) is 7.35. The van der Waals surface area contributed by atoms with Crippen molar-refractivity contribution in [3.05, 3.63) is 35.9 Å². The zero-order chi connectivity index (χ0) is 14.1. The standard InChI is InChI=1S/C15H18N4O/c1-10-9-19(6-7-20-10)15-12(14(16)17)8-11-4-2-3-5-13(11)18-15/h2-5,8,10H,6-7,9H2,1H3,(H3,16,17). The maximum atomic E-state index is 7.80. The van der Waals surface area contributed by atoms with Gasteiger partial charge < -0.3 is 15.4 Å². The van der Waals surface area contributed by atoms with Gasteiger partial charge in [-0.3, -0.25) is 5.41 Å². The number of fused-ring (bicyclic) bond motifs is 1. The molecular formula is C15H18N4O. The highest BCUT2D eigenvalue weighted by Crippen LogP contribution is 2.24. The Morgan fingerprint density at radius 2 is 2.25 bits per heavy atom. The molecule has 1 atom stereocenters. The molecule has 2 heterocycles. The number of hydrogen-bond donors (Lipinski definition) is 2. The van der Waals surface area contributed by atoms with Crippen LogP contribution >= 0.6 is 0 Å². The fourth-order valence-electron chi connectivity index (χ4n) is 2.56. The summed E-state index contributed by atoms with van der Waals surface area (Å²) in [5.74, 6) is 0.837. The molecule has 104 valence electrons. The number of aromatic nitrogens is 1. The Balaban J connectivity index is 2.11. The number of morpholine rings is 1. The van der Waals surface area contributed by atoms with E-state index in [-0.39, 0.29) is 11.9 Å². The lowest BCUT2D eigenvalue weighted by Crippen LogP contribution is -2.42. The lowest BCUT2D eigenvalue weighted by molar-refractivity contribution is 0.0529. The molecule has 20 heavy (non-hydrogen) atoms. The molecule has 1 aromatic heterocycles. The van der Waals surface area contributed by atoms with Gasteiger partial charge in [0, 0.05) is 18.5 Å². The first kappa shape index (κ1) is 12.9. The fourth-order valence-corrected chi connectivity index (χ4v) is 2.56. The van der Waals surface area contributed by atoms with Gasteiger partial charge in [-0.15, -0.1) is 0 Å². The van der Waals surface area contributed by atoms with Crippen molar-refractivity contribution in [3.8, 4) is 0 Å². The zero-order valence-electron chi connectivity index (χ0n) is 11.5. The van der Waals surface area contributed by atoms with E-state index in [1.807, 2.05) is 37.3 Å². The van der Waals surface area contributed by atoms with Gasteiger partial charge in [0.25, 0.3) is 0 Å². The Kier molecular flexibility index (Phi) is 3.28. The first-order valence-corrected chi connectivity index (χ1v) is 6.76. The summed E-state index contributed by atoms with van der Waals surface area (Å²) >= 11 is 0. The van der Waals surface area contributed by atoms with Gasteiger partial charge in [-0.1, -0.05) is 18.2 Å². The van der Waals surface area contributed by atoms with Crippen LogP contribution in [0, 0.1) is 5.41 Å². The number of ether oxygens (including phenoxy) is 1. The number of benzene rings is 1. The van der Waals surface area contributed by atoms with Crippen molar-refractivity contribution in [2.45, 2.75) is 13.0 Å². The quantitative estimate of drug-likeness (QED) is 0.644. The summed E-state index contributed by atoms with van der Waals surface area (Å²) in [6, 6.07) is 9.84. The number of amidine groups is 1. The maximum absolute atomic E-state index is 7.80. The minimum Gasteiger partial charge on any atom is -0.384 e. The highest BCUT2D eigenvalue weighted by Gasteiger charge is 2.22. The Morgan fingerprint density at radius 3 is 3.00 bits per heavy atom. The van der Waals surface area contributed by atoms with Crippen LogP contribution in [-0.2, 0) is 4.74 Å². The minimum absolute atomic E-state index is 0.0531. The molecule has 3 rings (SSSR count). The zero-order valence-corrected chi connectivity index (χ0v) is 11.5. The topological polar surface area (TPSA) is 75.2 Å². The largest absolute Gasteiger partial charge is 0.384 e. The Hall–Kier alpha value is -2.14. The van der Waals surface area contributed by atoms with Crippen LogP contribution in [0.1, 0.15) is 12.5 Å². The van der Waals surface area contributed by atoms with E-state index in [2.05, 4.69) is 4.90 Å². The molecule has 3 N–H and O–H groups in total. The number of nitrogen functional groups attached to an aromatic ring is 1. The molecule has 0 bridgehead atoms. The van der Waals surface area contributed by atoms with Crippen LogP contribution in [0.5, 0.6) is 0 Å². The van der Waals surface area contributed by atoms with E-state index in [1.165, 1.54) is 0 Å². The van der Waals surface area contributed by atoms with Gasteiger partial charge in [-0.05, 0) is 19.1 Å². The van der Waals surface area contributed by atoms with E-state index in [9.17, 15) is 0 Å². The predicted molar refractivity (Wildman–Crippen MR) is 80.4 cm³/mol. The SMILES string of the molecule is CC1CN(c2nc3ccccc3cc2C(=N)N)CCO1. The van der Waals surface area contributed by atoms with Crippen molar-refractivity contribution in [1.29, 1.82) is 5.41 Å². The summed E-state index contributed by atoms with van der Waals surface area (Å²) in [6.07, 6.45) is 0.164. The average molecular weight is 270 g/mol. The van der Waals surface area contributed by atoms with Crippen LogP contribution < -0.4 is 10.6 Å². The number of anilines is 1. The molecule has 0 radical (unpaired) electrons. The molecule has 1 saturated heterocycles. The normalized spacial score (nSPS) is 19.2. The molecular weight excluding hydrogens is 252 g/mol.